The first kappa shape index (κ1) is 10.5. The smallest absolute Gasteiger partial charge is 0.100 e. The zero-order chi connectivity index (χ0) is 10.0. The molecule has 0 saturated heterocycles. The molecule has 0 aliphatic heterocycles. The second kappa shape index (κ2) is 4.21. The van der Waals surface area contributed by atoms with Gasteiger partial charge in [-0.3, -0.25) is 0 Å². The minimum atomic E-state index is -0.637. The zero-order valence-electron chi connectivity index (χ0n) is 8.13. The lowest BCUT2D eigenvalue weighted by molar-refractivity contribution is 0.0245. The lowest BCUT2D eigenvalue weighted by Crippen LogP contribution is -2.23. The third-order valence-electron chi connectivity index (χ3n) is 2.97. The van der Waals surface area contributed by atoms with E-state index in [2.05, 4.69) is 0 Å². The van der Waals surface area contributed by atoms with E-state index in [0.717, 1.165) is 35.6 Å². The van der Waals surface area contributed by atoms with Gasteiger partial charge in [0.1, 0.15) is 5.60 Å². The van der Waals surface area contributed by atoms with Gasteiger partial charge in [0.15, 0.2) is 0 Å². The molecule has 0 spiro atoms. The molecule has 1 aromatic rings. The summed E-state index contributed by atoms with van der Waals surface area (Å²) in [4.78, 5) is 0.973. The van der Waals surface area contributed by atoms with Gasteiger partial charge in [0, 0.05) is 0 Å². The molecule has 1 aliphatic carbocycles. The van der Waals surface area contributed by atoms with Gasteiger partial charge in [-0.15, -0.1) is 11.3 Å². The minimum Gasteiger partial charge on any atom is -0.384 e. The van der Waals surface area contributed by atoms with Crippen molar-refractivity contribution in [2.45, 2.75) is 44.1 Å². The van der Waals surface area contributed by atoms with Crippen LogP contribution in [0.25, 0.3) is 0 Å². The van der Waals surface area contributed by atoms with E-state index in [1.807, 2.05) is 11.4 Å². The molecule has 1 N–H and O–H groups in total. The van der Waals surface area contributed by atoms with Crippen LogP contribution in [0.15, 0.2) is 11.4 Å². The zero-order valence-corrected chi connectivity index (χ0v) is 9.70. The first-order valence-electron chi connectivity index (χ1n) is 5.18. The molecule has 1 saturated carbocycles. The van der Waals surface area contributed by atoms with Gasteiger partial charge in [0.2, 0.25) is 0 Å². The molecule has 14 heavy (non-hydrogen) atoms. The van der Waals surface area contributed by atoms with Crippen LogP contribution in [0, 0.1) is 0 Å². The van der Waals surface area contributed by atoms with Crippen LogP contribution in [0.4, 0.5) is 0 Å². The number of hydrogen-bond acceptors (Lipinski definition) is 2. The van der Waals surface area contributed by atoms with Crippen molar-refractivity contribution in [3.05, 3.63) is 21.3 Å². The number of halogens is 1. The second-order valence-electron chi connectivity index (χ2n) is 4.04. The van der Waals surface area contributed by atoms with Gasteiger partial charge in [-0.1, -0.05) is 37.3 Å². The Kier molecular flexibility index (Phi) is 3.15. The lowest BCUT2D eigenvalue weighted by Gasteiger charge is -2.25. The van der Waals surface area contributed by atoms with Gasteiger partial charge in [-0.05, 0) is 24.3 Å². The van der Waals surface area contributed by atoms with Crippen LogP contribution in [-0.4, -0.2) is 5.11 Å². The van der Waals surface area contributed by atoms with Crippen molar-refractivity contribution < 1.29 is 5.11 Å². The summed E-state index contributed by atoms with van der Waals surface area (Å²) in [6.45, 7) is 0. The standard InChI is InChI=1S/C11H15ClOS/c12-9-5-8-14-10(9)11(13)6-3-1-2-4-7-11/h5,8,13H,1-4,6-7H2. The van der Waals surface area contributed by atoms with Crippen LogP contribution >= 0.6 is 22.9 Å². The van der Waals surface area contributed by atoms with Crippen LogP contribution in [0.1, 0.15) is 43.4 Å². The molecular weight excluding hydrogens is 216 g/mol. The Bertz CT molecular complexity index is 300. The summed E-state index contributed by atoms with van der Waals surface area (Å²) in [5, 5.41) is 13.2. The SMILES string of the molecule is OC1(c2sccc2Cl)CCCCCC1. The van der Waals surface area contributed by atoms with E-state index in [0.29, 0.717) is 0 Å². The topological polar surface area (TPSA) is 20.2 Å². The highest BCUT2D eigenvalue weighted by Gasteiger charge is 2.32. The van der Waals surface area contributed by atoms with Crippen molar-refractivity contribution in [2.75, 3.05) is 0 Å². The monoisotopic (exact) mass is 230 g/mol. The fourth-order valence-electron chi connectivity index (χ4n) is 2.17. The van der Waals surface area contributed by atoms with Crippen molar-refractivity contribution in [1.29, 1.82) is 0 Å². The summed E-state index contributed by atoms with van der Waals surface area (Å²) < 4.78 is 0. The number of thiophene rings is 1. The van der Waals surface area contributed by atoms with E-state index in [-0.39, 0.29) is 0 Å². The molecule has 1 fully saturated rings. The maximum atomic E-state index is 10.5. The Labute approximate surface area is 93.7 Å². The molecule has 0 radical (unpaired) electrons. The third-order valence-corrected chi connectivity index (χ3v) is 4.51. The summed E-state index contributed by atoms with van der Waals surface area (Å²) >= 11 is 7.65. The average Bonchev–Trinajstić information content (AvgIpc) is 2.46. The molecule has 1 aromatic heterocycles. The van der Waals surface area contributed by atoms with E-state index in [4.69, 9.17) is 11.6 Å². The molecule has 1 nitrogen and oxygen atoms in total. The first-order valence-corrected chi connectivity index (χ1v) is 6.44. The van der Waals surface area contributed by atoms with Crippen molar-refractivity contribution in [3.8, 4) is 0 Å². The molecule has 0 unspecified atom stereocenters. The van der Waals surface area contributed by atoms with E-state index in [1.165, 1.54) is 12.8 Å². The van der Waals surface area contributed by atoms with Gasteiger partial charge >= 0.3 is 0 Å². The molecular formula is C11H15ClOS. The molecule has 3 heteroatoms. The Balaban J connectivity index is 2.25. The van der Waals surface area contributed by atoms with Gasteiger partial charge in [0.05, 0.1) is 9.90 Å². The molecule has 0 atom stereocenters. The molecule has 1 aliphatic rings. The Hall–Kier alpha value is -0.0500. The normalized spacial score (nSPS) is 21.9. The average molecular weight is 231 g/mol. The van der Waals surface area contributed by atoms with Crippen LogP contribution in [-0.2, 0) is 5.60 Å². The Morgan fingerprint density at radius 1 is 1.21 bits per heavy atom. The second-order valence-corrected chi connectivity index (χ2v) is 5.37. The van der Waals surface area contributed by atoms with Crippen LogP contribution < -0.4 is 0 Å². The number of aliphatic hydroxyl groups is 1. The predicted molar refractivity (Wildman–Crippen MR) is 60.9 cm³/mol. The number of rotatable bonds is 1. The van der Waals surface area contributed by atoms with Crippen molar-refractivity contribution in [3.63, 3.8) is 0 Å². The van der Waals surface area contributed by atoms with Crippen molar-refractivity contribution >= 4 is 22.9 Å². The third kappa shape index (κ3) is 1.97. The predicted octanol–water partition coefficient (Wildman–Crippen LogP) is 3.94. The van der Waals surface area contributed by atoms with Gasteiger partial charge in [-0.2, -0.15) is 0 Å². The van der Waals surface area contributed by atoms with Crippen LogP contribution in [0.3, 0.4) is 0 Å². The minimum absolute atomic E-state index is 0.637. The quantitative estimate of drug-likeness (QED) is 0.725. The summed E-state index contributed by atoms with van der Waals surface area (Å²) in [5.41, 5.74) is -0.637. The molecule has 0 bridgehead atoms. The maximum absolute atomic E-state index is 10.5. The van der Waals surface area contributed by atoms with E-state index < -0.39 is 5.60 Å². The summed E-state index contributed by atoms with van der Waals surface area (Å²) in [7, 11) is 0. The van der Waals surface area contributed by atoms with E-state index in [9.17, 15) is 5.11 Å². The molecule has 2 rings (SSSR count). The summed E-state index contributed by atoms with van der Waals surface area (Å²) in [6.07, 6.45) is 6.45. The van der Waals surface area contributed by atoms with Crippen LogP contribution in [0.2, 0.25) is 5.02 Å². The fraction of sp³-hybridized carbons (Fsp3) is 0.636. The largest absolute Gasteiger partial charge is 0.384 e. The lowest BCUT2D eigenvalue weighted by atomic mass is 9.93. The molecule has 0 amide bonds. The van der Waals surface area contributed by atoms with Crippen molar-refractivity contribution in [1.82, 2.24) is 0 Å². The first-order chi connectivity index (χ1) is 6.72. The Morgan fingerprint density at radius 3 is 2.36 bits per heavy atom. The van der Waals surface area contributed by atoms with Gasteiger partial charge in [-0.25, -0.2) is 0 Å². The van der Waals surface area contributed by atoms with E-state index in [1.54, 1.807) is 11.3 Å². The summed E-state index contributed by atoms with van der Waals surface area (Å²) in [6, 6.07) is 1.88. The molecule has 78 valence electrons. The Morgan fingerprint density at radius 2 is 1.86 bits per heavy atom. The molecule has 0 aromatic carbocycles. The summed E-state index contributed by atoms with van der Waals surface area (Å²) in [5.74, 6) is 0. The highest BCUT2D eigenvalue weighted by Crippen LogP contribution is 2.41. The van der Waals surface area contributed by atoms with Crippen LogP contribution in [0.5, 0.6) is 0 Å². The van der Waals surface area contributed by atoms with E-state index >= 15 is 0 Å². The highest BCUT2D eigenvalue weighted by molar-refractivity contribution is 7.10. The fourth-order valence-corrected chi connectivity index (χ4v) is 3.56. The van der Waals surface area contributed by atoms with Gasteiger partial charge in [0.25, 0.3) is 0 Å². The number of hydrogen-bond donors (Lipinski definition) is 1. The van der Waals surface area contributed by atoms with Crippen molar-refractivity contribution in [2.24, 2.45) is 0 Å². The maximum Gasteiger partial charge on any atom is 0.100 e. The molecule has 1 heterocycles. The highest BCUT2D eigenvalue weighted by atomic mass is 35.5. The van der Waals surface area contributed by atoms with Gasteiger partial charge < -0.3 is 5.11 Å².